The Balaban J connectivity index is 1.35. The molecule has 6 rings (SSSR count). The summed E-state index contributed by atoms with van der Waals surface area (Å²) in [7, 11) is 0. The van der Waals surface area contributed by atoms with Gasteiger partial charge < -0.3 is 45.3 Å². The van der Waals surface area contributed by atoms with Crippen molar-refractivity contribution < 1.29 is 43.6 Å². The highest BCUT2D eigenvalue weighted by Gasteiger charge is 2.74. The quantitative estimate of drug-likeness (QED) is 0.129. The maximum absolute atomic E-state index is 13.5. The molecule has 0 saturated carbocycles. The van der Waals surface area contributed by atoms with Crippen molar-refractivity contribution in [2.75, 3.05) is 32.9 Å². The van der Waals surface area contributed by atoms with Crippen molar-refractivity contribution in [1.29, 1.82) is 0 Å². The number of carbonyl (C=O) groups is 4. The van der Waals surface area contributed by atoms with Crippen molar-refractivity contribution in [2.45, 2.75) is 46.2 Å². The van der Waals surface area contributed by atoms with E-state index in [1.165, 1.54) is 11.0 Å². The molecule has 242 valence electrons. The molecule has 5 aliphatic heterocycles. The molecule has 1 spiro atoms. The zero-order valence-corrected chi connectivity index (χ0v) is 25.6. The molecule has 16 nitrogen and oxygen atoms in total. The van der Waals surface area contributed by atoms with Crippen LogP contribution in [-0.4, -0.2) is 116 Å². The third-order valence-corrected chi connectivity index (χ3v) is 8.44. The third-order valence-electron chi connectivity index (χ3n) is 8.11. The molecule has 4 atom stereocenters. The molecule has 1 aromatic carbocycles. The molecule has 5 heterocycles. The van der Waals surface area contributed by atoms with Gasteiger partial charge in [0, 0.05) is 19.4 Å². The molecule has 3 fully saturated rings. The van der Waals surface area contributed by atoms with Gasteiger partial charge in [-0.05, 0) is 12.1 Å². The molecule has 0 bridgehead atoms. The topological polar surface area (TPSA) is 203 Å². The Labute approximate surface area is 270 Å². The number of carbonyl (C=O) groups excluding carboxylic acids is 4. The van der Waals surface area contributed by atoms with Gasteiger partial charge in [-0.25, -0.2) is 9.79 Å². The summed E-state index contributed by atoms with van der Waals surface area (Å²) in [5.74, 6) is -3.90. The van der Waals surface area contributed by atoms with E-state index in [9.17, 15) is 29.4 Å². The Morgan fingerprint density at radius 2 is 1.89 bits per heavy atom. The number of alkyl halides is 3. The van der Waals surface area contributed by atoms with Gasteiger partial charge in [-0.2, -0.15) is 0 Å². The minimum atomic E-state index is -2.80. The normalized spacial score (nSPS) is 28.1. The van der Waals surface area contributed by atoms with Crippen molar-refractivity contribution in [3.63, 3.8) is 0 Å². The fourth-order valence-electron chi connectivity index (χ4n) is 6.21. The largest absolute Gasteiger partial charge is 0.486 e. The number of aliphatic imine (C=N–C) groups is 1. The summed E-state index contributed by atoms with van der Waals surface area (Å²) in [5.41, 5.74) is -1.86. The number of halogens is 3. The van der Waals surface area contributed by atoms with E-state index in [2.05, 4.69) is 32.8 Å². The van der Waals surface area contributed by atoms with Crippen LogP contribution in [0.25, 0.3) is 0 Å². The standard InChI is InChI=1S/C26H28Cl3N7O9/c1-12-30-20-14(9-35-17(37)5-6-18(35)38)31-22(33-23(40)45-11-24(27,28)29)36-10-16(26(41,42)25(20,36)34-12)32-21(39)13-3-2-4-15-19(13)44-8-7-43-15/h2-4,14,16,20,30,34,41-42H,1,5-11H2,(H,32,39)(H,31,33,40)/t14-,16?,20?,25?/m0/s1. The average Bonchev–Trinajstić information content (AvgIpc) is 3.58. The number of para-hydroxylation sites is 1. The number of likely N-dealkylation sites (tertiary alicyclic amines) is 1. The fraction of sp³-hybridized carbons (Fsp3) is 0.500. The molecular weight excluding hydrogens is 661 g/mol. The number of nitrogens with zero attached hydrogens (tertiary/aromatic N) is 3. The summed E-state index contributed by atoms with van der Waals surface area (Å²) in [6.45, 7) is 3.17. The Morgan fingerprint density at radius 1 is 1.18 bits per heavy atom. The number of nitrogens with one attached hydrogen (secondary N) is 4. The highest BCUT2D eigenvalue weighted by atomic mass is 35.6. The van der Waals surface area contributed by atoms with Gasteiger partial charge in [-0.1, -0.05) is 47.4 Å². The highest BCUT2D eigenvalue weighted by Crippen LogP contribution is 2.45. The lowest BCUT2D eigenvalue weighted by atomic mass is 9.85. The zero-order valence-electron chi connectivity index (χ0n) is 23.3. The Bertz CT molecular complexity index is 1490. The molecule has 0 radical (unpaired) electrons. The predicted octanol–water partition coefficient (Wildman–Crippen LogP) is -0.735. The molecule has 3 unspecified atom stereocenters. The van der Waals surface area contributed by atoms with Crippen LogP contribution in [0.2, 0.25) is 0 Å². The number of imide groups is 1. The van der Waals surface area contributed by atoms with E-state index in [-0.39, 0.29) is 55.6 Å². The average molecular weight is 689 g/mol. The smallest absolute Gasteiger partial charge is 0.414 e. The van der Waals surface area contributed by atoms with Crippen LogP contribution in [0.15, 0.2) is 35.6 Å². The summed E-state index contributed by atoms with van der Waals surface area (Å²) in [5, 5.41) is 34.9. The van der Waals surface area contributed by atoms with Gasteiger partial charge >= 0.3 is 6.09 Å². The van der Waals surface area contributed by atoms with Gasteiger partial charge in [0.2, 0.25) is 27.4 Å². The lowest BCUT2D eigenvalue weighted by Crippen LogP contribution is -2.78. The van der Waals surface area contributed by atoms with Gasteiger partial charge in [-0.3, -0.25) is 24.6 Å². The molecule has 4 amide bonds. The zero-order chi connectivity index (χ0) is 32.3. The van der Waals surface area contributed by atoms with Crippen LogP contribution in [0.5, 0.6) is 11.5 Å². The van der Waals surface area contributed by atoms with Crippen LogP contribution >= 0.6 is 34.8 Å². The lowest BCUT2D eigenvalue weighted by molar-refractivity contribution is -0.231. The van der Waals surface area contributed by atoms with Gasteiger partial charge in [0.05, 0.1) is 30.0 Å². The molecule has 3 saturated heterocycles. The van der Waals surface area contributed by atoms with E-state index in [4.69, 9.17) is 49.0 Å². The van der Waals surface area contributed by atoms with Crippen LogP contribution in [-0.2, 0) is 14.3 Å². The van der Waals surface area contributed by atoms with E-state index < -0.39 is 63.8 Å². The first-order valence-corrected chi connectivity index (χ1v) is 14.9. The SMILES string of the molecule is C=C1NC2[C@H](CN3C(=O)CCC3=O)N=C(NC(=O)OCC(Cl)(Cl)Cl)N3CC(NC(=O)c4cccc5c4OCCO5)C(O)(O)C23N1. The van der Waals surface area contributed by atoms with E-state index in [1.807, 2.05) is 0 Å². The summed E-state index contributed by atoms with van der Waals surface area (Å²) in [6.07, 6.45) is -1.08. The van der Waals surface area contributed by atoms with Crippen LogP contribution in [0.1, 0.15) is 23.2 Å². The van der Waals surface area contributed by atoms with Gasteiger partial charge in [0.1, 0.15) is 25.9 Å². The molecule has 0 aromatic heterocycles. The molecule has 45 heavy (non-hydrogen) atoms. The second-order valence-electron chi connectivity index (χ2n) is 10.9. The first-order chi connectivity index (χ1) is 21.2. The second kappa shape index (κ2) is 11.3. The van der Waals surface area contributed by atoms with Gasteiger partial charge in [0.25, 0.3) is 5.91 Å². The molecule has 0 aliphatic carbocycles. The van der Waals surface area contributed by atoms with Crippen LogP contribution in [0.4, 0.5) is 4.79 Å². The first kappa shape index (κ1) is 31.3. The fourth-order valence-corrected chi connectivity index (χ4v) is 6.37. The maximum atomic E-state index is 13.5. The number of amides is 4. The van der Waals surface area contributed by atoms with E-state index in [0.717, 1.165) is 4.90 Å². The number of alkyl carbamates (subject to hydrolysis) is 1. The number of rotatable bonds is 5. The van der Waals surface area contributed by atoms with Crippen molar-refractivity contribution >= 4 is 64.6 Å². The number of fused-ring (bicyclic) bond motifs is 1. The Kier molecular flexibility index (Phi) is 7.84. The van der Waals surface area contributed by atoms with E-state index in [0.29, 0.717) is 12.4 Å². The van der Waals surface area contributed by atoms with Crippen molar-refractivity contribution in [3.05, 3.63) is 36.2 Å². The van der Waals surface area contributed by atoms with Crippen molar-refractivity contribution in [2.24, 2.45) is 4.99 Å². The number of hydrogen-bond acceptors (Lipinski definition) is 13. The minimum absolute atomic E-state index is 0.0139. The van der Waals surface area contributed by atoms with Crippen LogP contribution in [0, 0.1) is 0 Å². The molecule has 1 aromatic rings. The maximum Gasteiger partial charge on any atom is 0.414 e. The third kappa shape index (κ3) is 5.43. The van der Waals surface area contributed by atoms with Crippen LogP contribution < -0.4 is 30.7 Å². The molecule has 5 aliphatic rings. The van der Waals surface area contributed by atoms with Crippen molar-refractivity contribution in [3.8, 4) is 11.5 Å². The summed E-state index contributed by atoms with van der Waals surface area (Å²) < 4.78 is 14.3. The Morgan fingerprint density at radius 3 is 2.60 bits per heavy atom. The highest BCUT2D eigenvalue weighted by molar-refractivity contribution is 6.67. The minimum Gasteiger partial charge on any atom is -0.486 e. The number of benzene rings is 1. The number of hydrogen-bond donors (Lipinski definition) is 6. The second-order valence-corrected chi connectivity index (χ2v) is 13.4. The summed E-state index contributed by atoms with van der Waals surface area (Å²) in [4.78, 5) is 58.3. The summed E-state index contributed by atoms with van der Waals surface area (Å²) >= 11 is 17.1. The molecular formula is C26H28Cl3N7O9. The van der Waals surface area contributed by atoms with E-state index in [1.54, 1.807) is 12.1 Å². The number of guanidine groups is 1. The van der Waals surface area contributed by atoms with Crippen LogP contribution in [0.3, 0.4) is 0 Å². The Hall–Kier alpha value is -3.70. The van der Waals surface area contributed by atoms with E-state index >= 15 is 0 Å². The number of ether oxygens (including phenoxy) is 3. The predicted molar refractivity (Wildman–Crippen MR) is 156 cm³/mol. The van der Waals surface area contributed by atoms with Crippen molar-refractivity contribution in [1.82, 2.24) is 31.1 Å². The molecule has 6 N–H and O–H groups in total. The first-order valence-electron chi connectivity index (χ1n) is 13.8. The van der Waals surface area contributed by atoms with Gasteiger partial charge in [0.15, 0.2) is 17.2 Å². The lowest BCUT2D eigenvalue weighted by Gasteiger charge is -2.49. The number of aliphatic hydroxyl groups is 2. The monoisotopic (exact) mass is 687 g/mol. The van der Waals surface area contributed by atoms with Gasteiger partial charge in [-0.15, -0.1) is 0 Å². The molecule has 19 heteroatoms. The summed E-state index contributed by atoms with van der Waals surface area (Å²) in [6, 6.07) is 1.20.